The number of alkyl halides is 5. The molecule has 2 N–H and O–H groups in total. The minimum atomic E-state index is -5.51. The fourth-order valence-electron chi connectivity index (χ4n) is 3.10. The van der Waals surface area contributed by atoms with E-state index in [0.29, 0.717) is 10.8 Å². The Hall–Kier alpha value is -3.47. The molecule has 0 spiro atoms. The minimum absolute atomic E-state index is 0.171. The molecule has 0 bridgehead atoms. The molecule has 1 amide bonds. The van der Waals surface area contributed by atoms with Crippen molar-refractivity contribution in [1.82, 2.24) is 4.98 Å². The van der Waals surface area contributed by atoms with Gasteiger partial charge >= 0.3 is 12.1 Å². The van der Waals surface area contributed by atoms with Gasteiger partial charge in [-0.05, 0) is 60.9 Å². The molecule has 0 aliphatic carbocycles. The third-order valence-electron chi connectivity index (χ3n) is 5.12. The van der Waals surface area contributed by atoms with Crippen LogP contribution in [-0.4, -0.2) is 36.6 Å². The van der Waals surface area contributed by atoms with Gasteiger partial charge in [0.1, 0.15) is 5.75 Å². The monoisotopic (exact) mass is 525 g/mol. The largest absolute Gasteiger partial charge is 0.497 e. The third-order valence-corrected chi connectivity index (χ3v) is 5.88. The van der Waals surface area contributed by atoms with Crippen molar-refractivity contribution in [3.05, 3.63) is 65.6 Å². The van der Waals surface area contributed by atoms with Gasteiger partial charge in [-0.2, -0.15) is 22.0 Å². The Morgan fingerprint density at radius 2 is 1.72 bits per heavy atom. The Morgan fingerprint density at radius 1 is 1.03 bits per heavy atom. The summed E-state index contributed by atoms with van der Waals surface area (Å²) in [5.41, 5.74) is 3.07. The second-order valence-electron chi connectivity index (χ2n) is 7.80. The predicted octanol–water partition coefficient (Wildman–Crippen LogP) is 7.25. The van der Waals surface area contributed by atoms with Crippen LogP contribution < -0.4 is 15.4 Å². The van der Waals surface area contributed by atoms with Gasteiger partial charge < -0.3 is 10.1 Å². The molecule has 1 heterocycles. The zero-order chi connectivity index (χ0) is 26.2. The van der Waals surface area contributed by atoms with Gasteiger partial charge in [-0.3, -0.25) is 10.1 Å². The van der Waals surface area contributed by atoms with Crippen molar-refractivity contribution >= 4 is 34.1 Å². The van der Waals surface area contributed by atoms with Crippen LogP contribution in [0.4, 0.5) is 32.8 Å². The van der Waals surface area contributed by atoms with Crippen molar-refractivity contribution in [2.45, 2.75) is 31.4 Å². The van der Waals surface area contributed by atoms with E-state index in [0.717, 1.165) is 22.6 Å². The van der Waals surface area contributed by atoms with E-state index in [1.54, 1.807) is 37.5 Å². The number of hydrogen-bond acceptors (Lipinski definition) is 5. The summed E-state index contributed by atoms with van der Waals surface area (Å²) in [5.74, 6) is -4.27. The molecule has 0 saturated heterocycles. The molecule has 192 valence electrons. The molecule has 2 aromatic carbocycles. The van der Waals surface area contributed by atoms with Crippen LogP contribution in [0.5, 0.6) is 5.75 Å². The number of amides is 1. The molecule has 0 aliphatic rings. The molecule has 36 heavy (non-hydrogen) atoms. The molecule has 11 heteroatoms. The average molecular weight is 526 g/mol. The number of anilines is 2. The molecule has 3 rings (SSSR count). The van der Waals surface area contributed by atoms with Crippen LogP contribution in [0.1, 0.15) is 24.8 Å². The lowest BCUT2D eigenvalue weighted by atomic mass is 10.1. The molecule has 1 aromatic heterocycles. The Balaban J connectivity index is 1.42. The van der Waals surface area contributed by atoms with Gasteiger partial charge in [-0.25, -0.2) is 4.98 Å². The average Bonchev–Trinajstić information content (AvgIpc) is 3.31. The van der Waals surface area contributed by atoms with Crippen LogP contribution in [0.2, 0.25) is 0 Å². The standard InChI is InChI=1S/C25H24F5N3O2S/c1-35-20-11-7-18(8-12-20)21-16-36-23(32-21)33-22(34)13-6-17-4-9-19(10-5-17)31-15-3-2-14-24(26,27)25(28,29)30/h4-13,16,31H,2-3,14-15H2,1H3,(H,32,33,34)/b13-6-. The fourth-order valence-corrected chi connectivity index (χ4v) is 3.83. The summed E-state index contributed by atoms with van der Waals surface area (Å²) in [7, 11) is 1.59. The second-order valence-corrected chi connectivity index (χ2v) is 8.66. The van der Waals surface area contributed by atoms with E-state index in [2.05, 4.69) is 15.6 Å². The van der Waals surface area contributed by atoms with E-state index >= 15 is 0 Å². The first kappa shape index (κ1) is 27.1. The summed E-state index contributed by atoms with van der Waals surface area (Å²) in [4.78, 5) is 16.6. The molecule has 5 nitrogen and oxygen atoms in total. The number of halogens is 5. The first-order valence-electron chi connectivity index (χ1n) is 10.9. The Bertz CT molecular complexity index is 1160. The molecule has 0 fully saturated rings. The van der Waals surface area contributed by atoms with E-state index < -0.39 is 18.5 Å². The van der Waals surface area contributed by atoms with Crippen LogP contribution in [-0.2, 0) is 4.79 Å². The van der Waals surface area contributed by atoms with Crippen LogP contribution in [0.3, 0.4) is 0 Å². The van der Waals surface area contributed by atoms with Crippen molar-refractivity contribution in [3.8, 4) is 17.0 Å². The van der Waals surface area contributed by atoms with Gasteiger partial charge in [0.2, 0.25) is 5.91 Å². The molecular formula is C25H24F5N3O2S. The fraction of sp³-hybridized carbons (Fsp3) is 0.280. The van der Waals surface area contributed by atoms with E-state index in [-0.39, 0.29) is 25.3 Å². The summed E-state index contributed by atoms with van der Waals surface area (Å²) in [5, 5.41) is 7.99. The predicted molar refractivity (Wildman–Crippen MR) is 132 cm³/mol. The number of carbonyl (C=O) groups is 1. The van der Waals surface area contributed by atoms with Gasteiger partial charge in [-0.15, -0.1) is 11.3 Å². The van der Waals surface area contributed by atoms with Crippen molar-refractivity contribution in [2.24, 2.45) is 0 Å². The maximum absolute atomic E-state index is 12.9. The van der Waals surface area contributed by atoms with Crippen molar-refractivity contribution in [3.63, 3.8) is 0 Å². The lowest BCUT2D eigenvalue weighted by Crippen LogP contribution is -2.36. The molecular weight excluding hydrogens is 501 g/mol. The number of rotatable bonds is 11. The van der Waals surface area contributed by atoms with Crippen molar-refractivity contribution in [1.29, 1.82) is 0 Å². The number of carbonyl (C=O) groups excluding carboxylic acids is 1. The molecule has 0 aliphatic heterocycles. The summed E-state index contributed by atoms with van der Waals surface area (Å²) in [6, 6.07) is 14.4. The zero-order valence-electron chi connectivity index (χ0n) is 19.2. The quantitative estimate of drug-likeness (QED) is 0.157. The third kappa shape index (κ3) is 7.77. The maximum atomic E-state index is 12.9. The summed E-state index contributed by atoms with van der Waals surface area (Å²) < 4.78 is 67.4. The highest BCUT2D eigenvalue weighted by molar-refractivity contribution is 7.14. The highest BCUT2D eigenvalue weighted by Gasteiger charge is 2.56. The number of ether oxygens (including phenoxy) is 1. The van der Waals surface area contributed by atoms with Crippen LogP contribution in [0.15, 0.2) is 60.0 Å². The first-order valence-corrected chi connectivity index (χ1v) is 11.8. The topological polar surface area (TPSA) is 63.2 Å². The van der Waals surface area contributed by atoms with Crippen LogP contribution in [0.25, 0.3) is 17.3 Å². The van der Waals surface area contributed by atoms with Gasteiger partial charge in [-0.1, -0.05) is 12.1 Å². The number of aromatic nitrogens is 1. The van der Waals surface area contributed by atoms with Gasteiger partial charge in [0, 0.05) is 35.7 Å². The Labute approximate surface area is 209 Å². The van der Waals surface area contributed by atoms with Crippen molar-refractivity contribution in [2.75, 3.05) is 24.3 Å². The normalized spacial score (nSPS) is 12.1. The smallest absolute Gasteiger partial charge is 0.453 e. The zero-order valence-corrected chi connectivity index (χ0v) is 20.1. The second kappa shape index (κ2) is 12.0. The lowest BCUT2D eigenvalue weighted by molar-refractivity contribution is -0.284. The number of thiazole rings is 1. The molecule has 0 saturated carbocycles. The number of benzene rings is 2. The van der Waals surface area contributed by atoms with E-state index in [9.17, 15) is 26.7 Å². The van der Waals surface area contributed by atoms with Gasteiger partial charge in [0.05, 0.1) is 12.8 Å². The van der Waals surface area contributed by atoms with Gasteiger partial charge in [0.25, 0.3) is 0 Å². The maximum Gasteiger partial charge on any atom is 0.453 e. The molecule has 0 atom stereocenters. The highest BCUT2D eigenvalue weighted by atomic mass is 32.1. The lowest BCUT2D eigenvalue weighted by Gasteiger charge is -2.19. The summed E-state index contributed by atoms with van der Waals surface area (Å²) in [6.07, 6.45) is -3.83. The summed E-state index contributed by atoms with van der Waals surface area (Å²) in [6.45, 7) is 0.262. The van der Waals surface area contributed by atoms with Crippen molar-refractivity contribution < 1.29 is 31.5 Å². The molecule has 0 unspecified atom stereocenters. The van der Waals surface area contributed by atoms with Crippen LogP contribution >= 0.6 is 11.3 Å². The number of nitrogens with one attached hydrogen (secondary N) is 2. The Kier molecular flexibility index (Phi) is 9.03. The van der Waals surface area contributed by atoms with E-state index in [4.69, 9.17) is 4.74 Å². The molecule has 3 aromatic rings. The van der Waals surface area contributed by atoms with Crippen LogP contribution in [0, 0.1) is 0 Å². The number of hydrogen-bond donors (Lipinski definition) is 2. The van der Waals surface area contributed by atoms with E-state index in [1.165, 1.54) is 17.4 Å². The number of unbranched alkanes of at least 4 members (excludes halogenated alkanes) is 1. The van der Waals surface area contributed by atoms with Gasteiger partial charge in [0.15, 0.2) is 5.13 Å². The first-order chi connectivity index (χ1) is 17.1. The Morgan fingerprint density at radius 3 is 2.36 bits per heavy atom. The minimum Gasteiger partial charge on any atom is -0.497 e. The number of nitrogens with zero attached hydrogens (tertiary/aromatic N) is 1. The highest BCUT2D eigenvalue weighted by Crippen LogP contribution is 2.39. The SMILES string of the molecule is COc1ccc(-c2csc(NC(=O)/C=C\c3ccc(NCCCCC(F)(F)C(F)(F)F)cc3)n2)cc1. The number of methoxy groups -OCH3 is 1. The van der Waals surface area contributed by atoms with E-state index in [1.807, 2.05) is 29.6 Å². The molecule has 0 radical (unpaired) electrons. The summed E-state index contributed by atoms with van der Waals surface area (Å²) >= 11 is 1.31.